The Bertz CT molecular complexity index is 1710. The molecule has 2 aromatic carbocycles. The van der Waals surface area contributed by atoms with Gasteiger partial charge in [0.05, 0.1) is 42.5 Å². The van der Waals surface area contributed by atoms with E-state index in [0.29, 0.717) is 50.3 Å². The predicted molar refractivity (Wildman–Crippen MR) is 172 cm³/mol. The summed E-state index contributed by atoms with van der Waals surface area (Å²) in [6.07, 6.45) is 5.18. The van der Waals surface area contributed by atoms with Crippen molar-refractivity contribution in [2.45, 2.75) is 69.7 Å². The second-order valence-corrected chi connectivity index (χ2v) is 12.9. The third kappa shape index (κ3) is 5.59. The molecule has 5 heterocycles. The van der Waals surface area contributed by atoms with E-state index in [4.69, 9.17) is 31.0 Å². The lowest BCUT2D eigenvalue weighted by atomic mass is 9.94. The number of halogens is 1. The lowest BCUT2D eigenvalue weighted by Gasteiger charge is -2.41. The molecule has 9 nitrogen and oxygen atoms in total. The van der Waals surface area contributed by atoms with Crippen LogP contribution in [-0.4, -0.2) is 76.6 Å². The van der Waals surface area contributed by atoms with E-state index in [1.165, 1.54) is 12.8 Å². The average molecular weight is 625 g/mol. The van der Waals surface area contributed by atoms with Crippen LogP contribution in [0.2, 0.25) is 5.02 Å². The smallest absolute Gasteiger partial charge is 0.318 e. The van der Waals surface area contributed by atoms with E-state index in [0.717, 1.165) is 59.3 Å². The van der Waals surface area contributed by atoms with Crippen molar-refractivity contribution in [3.63, 3.8) is 0 Å². The number of carbonyl (C=O) groups is 1. The summed E-state index contributed by atoms with van der Waals surface area (Å²) < 4.78 is 13.0. The minimum absolute atomic E-state index is 0.0645. The van der Waals surface area contributed by atoms with Gasteiger partial charge in [0.25, 0.3) is 5.91 Å². The van der Waals surface area contributed by atoms with Crippen LogP contribution in [0.15, 0.2) is 36.4 Å². The van der Waals surface area contributed by atoms with Gasteiger partial charge in [0, 0.05) is 42.0 Å². The summed E-state index contributed by atoms with van der Waals surface area (Å²) >= 11 is 6.70. The molecule has 4 aliphatic rings. The van der Waals surface area contributed by atoms with Crippen LogP contribution < -0.4 is 9.64 Å². The molecular weight excluding hydrogens is 588 g/mol. The van der Waals surface area contributed by atoms with E-state index >= 15 is 0 Å². The molecule has 1 aromatic heterocycles. The number of nitrogens with zero attached hydrogens (tertiary/aromatic N) is 6. The fourth-order valence-corrected chi connectivity index (χ4v) is 8.07. The van der Waals surface area contributed by atoms with Crippen molar-refractivity contribution in [1.29, 1.82) is 5.26 Å². The van der Waals surface area contributed by atoms with Crippen LogP contribution in [0.4, 0.5) is 5.82 Å². The fraction of sp³-hybridized carbons (Fsp3) is 0.486. The zero-order valence-electron chi connectivity index (χ0n) is 25.6. The number of amides is 1. The van der Waals surface area contributed by atoms with E-state index in [1.807, 2.05) is 18.2 Å². The van der Waals surface area contributed by atoms with E-state index in [-0.39, 0.29) is 30.0 Å². The third-order valence-corrected chi connectivity index (χ3v) is 10.3. The highest BCUT2D eigenvalue weighted by atomic mass is 35.5. The van der Waals surface area contributed by atoms with Crippen LogP contribution in [0, 0.1) is 23.2 Å². The van der Waals surface area contributed by atoms with Crippen molar-refractivity contribution in [3.05, 3.63) is 58.2 Å². The molecule has 3 fully saturated rings. The third-order valence-electron chi connectivity index (χ3n) is 9.97. The second-order valence-electron chi connectivity index (χ2n) is 12.5. The molecule has 45 heavy (non-hydrogen) atoms. The van der Waals surface area contributed by atoms with Crippen LogP contribution >= 0.6 is 11.6 Å². The van der Waals surface area contributed by atoms with Gasteiger partial charge in [-0.25, -0.2) is 0 Å². The molecule has 3 saturated heterocycles. The molecule has 232 valence electrons. The van der Waals surface area contributed by atoms with E-state index in [2.05, 4.69) is 45.9 Å². The van der Waals surface area contributed by atoms with Gasteiger partial charge in [0.1, 0.15) is 12.4 Å². The van der Waals surface area contributed by atoms with Gasteiger partial charge in [0.2, 0.25) is 0 Å². The van der Waals surface area contributed by atoms with E-state index in [1.54, 1.807) is 11.8 Å². The molecule has 4 aliphatic heterocycles. The Morgan fingerprint density at radius 2 is 1.93 bits per heavy atom. The number of fused-ring (bicyclic) bond motifs is 3. The molecule has 0 spiro atoms. The summed E-state index contributed by atoms with van der Waals surface area (Å²) in [4.78, 5) is 29.2. The molecule has 0 N–H and O–H groups in total. The largest absolute Gasteiger partial charge is 0.461 e. The molecule has 0 saturated carbocycles. The Labute approximate surface area is 269 Å². The van der Waals surface area contributed by atoms with Gasteiger partial charge in [-0.1, -0.05) is 47.9 Å². The minimum Gasteiger partial charge on any atom is -0.461 e. The normalized spacial score (nSPS) is 22.3. The summed E-state index contributed by atoms with van der Waals surface area (Å²) in [7, 11) is 0. The van der Waals surface area contributed by atoms with Crippen LogP contribution in [0.5, 0.6) is 6.01 Å². The molecule has 10 heteroatoms. The van der Waals surface area contributed by atoms with Crippen molar-refractivity contribution in [2.75, 3.05) is 44.2 Å². The number of benzene rings is 2. The highest BCUT2D eigenvalue weighted by Gasteiger charge is 2.45. The molecule has 1 amide bonds. The summed E-state index contributed by atoms with van der Waals surface area (Å²) in [5.41, 5.74) is 2.93. The predicted octanol–water partition coefficient (Wildman–Crippen LogP) is 5.06. The first-order valence-electron chi connectivity index (χ1n) is 15.9. The maximum absolute atomic E-state index is 12.7. The number of rotatable bonds is 6. The number of hydrogen-bond donors (Lipinski definition) is 0. The zero-order chi connectivity index (χ0) is 31.0. The molecule has 0 radical (unpaired) electrons. The zero-order valence-corrected chi connectivity index (χ0v) is 26.4. The molecule has 3 aromatic rings. The van der Waals surface area contributed by atoms with Crippen molar-refractivity contribution < 1.29 is 14.3 Å². The van der Waals surface area contributed by atoms with Crippen molar-refractivity contribution in [2.24, 2.45) is 0 Å². The van der Waals surface area contributed by atoms with Gasteiger partial charge in [-0.15, -0.1) is 0 Å². The van der Waals surface area contributed by atoms with Gasteiger partial charge in [-0.2, -0.15) is 15.2 Å². The SMILES string of the molecule is CC#CC(=O)N1CCN(c2nc(OCC34CCCN3CCC4)nc3c2COC(c2cccc4cccc(Cl)c24)C3)C[C@@H]1CC#N. The lowest BCUT2D eigenvalue weighted by molar-refractivity contribution is -0.127. The van der Waals surface area contributed by atoms with Gasteiger partial charge in [0.15, 0.2) is 0 Å². The minimum atomic E-state index is -0.299. The number of carbonyl (C=O) groups excluding carboxylic acids is 1. The molecular formula is C35H37ClN6O3. The Kier molecular flexibility index (Phi) is 8.27. The van der Waals surface area contributed by atoms with Gasteiger partial charge >= 0.3 is 6.01 Å². The number of ether oxygens (including phenoxy) is 2. The summed E-state index contributed by atoms with van der Waals surface area (Å²) in [6, 6.07) is 14.5. The molecule has 0 bridgehead atoms. The quantitative estimate of drug-likeness (QED) is 0.352. The highest BCUT2D eigenvalue weighted by Crippen LogP contribution is 2.41. The van der Waals surface area contributed by atoms with Crippen molar-refractivity contribution >= 4 is 34.1 Å². The lowest BCUT2D eigenvalue weighted by Crippen LogP contribution is -2.55. The van der Waals surface area contributed by atoms with Crippen LogP contribution in [0.1, 0.15) is 62.0 Å². The summed E-state index contributed by atoms with van der Waals surface area (Å²) in [5.74, 6) is 5.86. The number of anilines is 1. The maximum atomic E-state index is 12.7. The molecule has 2 atom stereocenters. The summed E-state index contributed by atoms with van der Waals surface area (Å²) in [6.45, 7) is 6.27. The second kappa shape index (κ2) is 12.5. The van der Waals surface area contributed by atoms with Crippen LogP contribution in [0.25, 0.3) is 10.8 Å². The first-order valence-corrected chi connectivity index (χ1v) is 16.3. The first-order chi connectivity index (χ1) is 22.0. The Hall–Kier alpha value is -3.89. The standard InChI is InChI=1S/C35H37ClN6O3/c1-2-7-31(43)42-19-18-40(21-25(42)12-15-37)33-27-22-44-30(26-10-3-8-24-9-4-11-28(36)32(24)26)20-29(27)38-34(39-33)45-23-35-13-5-16-41(35)17-6-14-35/h3-4,8-11,25,30H,5-6,12-14,16-23H2,1H3/t25-,30?/m0/s1. The number of aromatic nitrogens is 2. The highest BCUT2D eigenvalue weighted by molar-refractivity contribution is 6.35. The molecule has 0 aliphatic carbocycles. The van der Waals surface area contributed by atoms with Crippen LogP contribution in [0.3, 0.4) is 0 Å². The maximum Gasteiger partial charge on any atom is 0.318 e. The Morgan fingerprint density at radius 1 is 1.13 bits per heavy atom. The topological polar surface area (TPSA) is 94.8 Å². The molecule has 1 unspecified atom stereocenters. The number of nitriles is 1. The first kappa shape index (κ1) is 29.8. The number of piperazine rings is 1. The van der Waals surface area contributed by atoms with Crippen molar-refractivity contribution in [1.82, 2.24) is 19.8 Å². The van der Waals surface area contributed by atoms with Gasteiger partial charge in [-0.05, 0) is 68.6 Å². The summed E-state index contributed by atoms with van der Waals surface area (Å²) in [5, 5.41) is 12.4. The van der Waals surface area contributed by atoms with Crippen molar-refractivity contribution in [3.8, 4) is 23.9 Å². The fourth-order valence-electron chi connectivity index (χ4n) is 7.78. The van der Waals surface area contributed by atoms with E-state index < -0.39 is 0 Å². The van der Waals surface area contributed by atoms with Gasteiger partial charge in [-0.3, -0.25) is 9.69 Å². The Balaban J connectivity index is 1.23. The van der Waals surface area contributed by atoms with Gasteiger partial charge < -0.3 is 19.3 Å². The van der Waals surface area contributed by atoms with Crippen LogP contribution in [-0.2, 0) is 22.6 Å². The number of hydrogen-bond acceptors (Lipinski definition) is 8. The molecule has 7 rings (SSSR count). The average Bonchev–Trinajstić information content (AvgIpc) is 3.64. The van der Waals surface area contributed by atoms with E-state index in [9.17, 15) is 10.1 Å². The monoisotopic (exact) mass is 624 g/mol. The Morgan fingerprint density at radius 3 is 2.71 bits per heavy atom.